The lowest BCUT2D eigenvalue weighted by atomic mass is 9.66. The molecule has 1 aliphatic heterocycles. The highest BCUT2D eigenvalue weighted by Gasteiger charge is 2.49. The first kappa shape index (κ1) is 9.20. The Morgan fingerprint density at radius 2 is 1.73 bits per heavy atom. The maximum absolute atomic E-state index is 11.8. The topological polar surface area (TPSA) is 26.3 Å². The number of carbonyl (C=O) groups is 1. The number of allylic oxidation sites excluding steroid dienone is 3. The Morgan fingerprint density at radius 3 is 2.40 bits per heavy atom. The first-order valence-corrected chi connectivity index (χ1v) is 5.86. The molecule has 0 aromatic carbocycles. The quantitative estimate of drug-likeness (QED) is 0.448. The van der Waals surface area contributed by atoms with E-state index in [4.69, 9.17) is 4.74 Å². The predicted molar refractivity (Wildman–Crippen MR) is 56.8 cm³/mol. The summed E-state index contributed by atoms with van der Waals surface area (Å²) in [5.41, 5.74) is 0. The Bertz CT molecular complexity index is 310. The molecular formula is C13H16O2. The number of hydrogen-bond donors (Lipinski definition) is 0. The lowest BCUT2D eigenvalue weighted by molar-refractivity contribution is -0.140. The summed E-state index contributed by atoms with van der Waals surface area (Å²) in [6.45, 7) is 3.90. The first-order valence-electron chi connectivity index (χ1n) is 5.86. The smallest absolute Gasteiger partial charge is 0.315 e. The minimum absolute atomic E-state index is 0.0359. The van der Waals surface area contributed by atoms with Gasteiger partial charge in [0, 0.05) is 5.92 Å². The van der Waals surface area contributed by atoms with Crippen molar-refractivity contribution in [2.45, 2.75) is 25.7 Å². The van der Waals surface area contributed by atoms with E-state index in [1.165, 1.54) is 19.3 Å². The highest BCUT2D eigenvalue weighted by Crippen LogP contribution is 2.48. The largest absolute Gasteiger partial charge is 0.431 e. The van der Waals surface area contributed by atoms with Crippen molar-refractivity contribution < 1.29 is 9.53 Å². The predicted octanol–water partition coefficient (Wildman–Crippen LogP) is 2.67. The number of esters is 1. The van der Waals surface area contributed by atoms with Crippen LogP contribution in [0.15, 0.2) is 24.5 Å². The average molecular weight is 204 g/mol. The molecule has 2 bridgehead atoms. The van der Waals surface area contributed by atoms with E-state index in [-0.39, 0.29) is 17.8 Å². The van der Waals surface area contributed by atoms with Crippen LogP contribution in [0.4, 0.5) is 0 Å². The number of rotatable bonds is 0. The Balaban J connectivity index is 2.02. The zero-order chi connectivity index (χ0) is 10.4. The molecule has 80 valence electrons. The molecule has 0 N–H and O–H groups in total. The maximum Gasteiger partial charge on any atom is 0.315 e. The summed E-state index contributed by atoms with van der Waals surface area (Å²) in [6.07, 6.45) is 9.36. The average Bonchev–Trinajstić information content (AvgIpc) is 2.43. The molecule has 0 spiro atoms. The van der Waals surface area contributed by atoms with E-state index in [2.05, 4.69) is 18.7 Å². The Kier molecular flexibility index (Phi) is 1.98. The van der Waals surface area contributed by atoms with Gasteiger partial charge in [-0.15, -0.1) is 0 Å². The Morgan fingerprint density at radius 1 is 1.13 bits per heavy atom. The van der Waals surface area contributed by atoms with Crippen molar-refractivity contribution in [2.24, 2.45) is 23.7 Å². The van der Waals surface area contributed by atoms with E-state index in [1.807, 2.05) is 0 Å². The van der Waals surface area contributed by atoms with Crippen LogP contribution in [0.5, 0.6) is 0 Å². The van der Waals surface area contributed by atoms with Crippen LogP contribution in [-0.2, 0) is 9.53 Å². The lowest BCUT2D eigenvalue weighted by Gasteiger charge is -2.34. The van der Waals surface area contributed by atoms with Crippen molar-refractivity contribution in [1.29, 1.82) is 0 Å². The summed E-state index contributed by atoms with van der Waals surface area (Å²) in [4.78, 5) is 11.8. The van der Waals surface area contributed by atoms with E-state index in [9.17, 15) is 4.79 Å². The SMILES string of the molecule is C=C1OC(=O)C2C3C=CC(CCCC3)C12. The van der Waals surface area contributed by atoms with Gasteiger partial charge in [0.2, 0.25) is 0 Å². The van der Waals surface area contributed by atoms with Crippen molar-refractivity contribution in [3.63, 3.8) is 0 Å². The van der Waals surface area contributed by atoms with Crippen LogP contribution in [0.3, 0.4) is 0 Å². The van der Waals surface area contributed by atoms with Gasteiger partial charge in [-0.3, -0.25) is 4.79 Å². The molecule has 1 heterocycles. The van der Waals surface area contributed by atoms with Gasteiger partial charge in [0.25, 0.3) is 0 Å². The van der Waals surface area contributed by atoms with Crippen LogP contribution < -0.4 is 0 Å². The van der Waals surface area contributed by atoms with Crippen molar-refractivity contribution in [3.05, 3.63) is 24.5 Å². The summed E-state index contributed by atoms with van der Waals surface area (Å²) in [5, 5.41) is 0. The summed E-state index contributed by atoms with van der Waals surface area (Å²) in [5.74, 6) is 1.92. The molecule has 0 radical (unpaired) electrons. The monoisotopic (exact) mass is 204 g/mol. The molecule has 4 atom stereocenters. The maximum atomic E-state index is 11.8. The highest BCUT2D eigenvalue weighted by atomic mass is 16.5. The fraction of sp³-hybridized carbons (Fsp3) is 0.615. The van der Waals surface area contributed by atoms with Gasteiger partial charge in [0.1, 0.15) is 5.76 Å². The third kappa shape index (κ3) is 1.27. The number of ether oxygens (including phenoxy) is 1. The van der Waals surface area contributed by atoms with Crippen LogP contribution in [0, 0.1) is 23.7 Å². The van der Waals surface area contributed by atoms with Gasteiger partial charge in [-0.05, 0) is 24.7 Å². The Hall–Kier alpha value is -1.05. The normalized spacial score (nSPS) is 43.5. The van der Waals surface area contributed by atoms with Crippen molar-refractivity contribution in [3.8, 4) is 0 Å². The summed E-state index contributed by atoms with van der Waals surface area (Å²) < 4.78 is 5.23. The molecule has 4 unspecified atom stereocenters. The van der Waals surface area contributed by atoms with Crippen molar-refractivity contribution >= 4 is 5.97 Å². The van der Waals surface area contributed by atoms with E-state index in [1.54, 1.807) is 0 Å². The van der Waals surface area contributed by atoms with E-state index in [0.29, 0.717) is 17.6 Å². The second-order valence-electron chi connectivity index (χ2n) is 4.94. The number of cyclic esters (lactones) is 1. The second kappa shape index (κ2) is 3.22. The molecule has 15 heavy (non-hydrogen) atoms. The molecule has 0 amide bonds. The zero-order valence-electron chi connectivity index (χ0n) is 8.82. The Labute approximate surface area is 90.0 Å². The van der Waals surface area contributed by atoms with Crippen molar-refractivity contribution in [1.82, 2.24) is 0 Å². The molecule has 1 fully saturated rings. The van der Waals surface area contributed by atoms with Gasteiger partial charge in [0.05, 0.1) is 5.92 Å². The van der Waals surface area contributed by atoms with Crippen molar-refractivity contribution in [2.75, 3.05) is 0 Å². The summed E-state index contributed by atoms with van der Waals surface area (Å²) in [6, 6.07) is 0. The molecule has 0 aromatic rings. The van der Waals surface area contributed by atoms with Crippen LogP contribution in [0.2, 0.25) is 0 Å². The highest BCUT2D eigenvalue weighted by molar-refractivity contribution is 5.78. The third-order valence-corrected chi connectivity index (χ3v) is 4.12. The molecule has 3 rings (SSSR count). The van der Waals surface area contributed by atoms with Crippen LogP contribution in [0.1, 0.15) is 25.7 Å². The minimum atomic E-state index is -0.0359. The molecule has 3 aliphatic rings. The molecule has 0 saturated carbocycles. The van der Waals surface area contributed by atoms with Gasteiger partial charge in [-0.25, -0.2) is 0 Å². The number of hydrogen-bond acceptors (Lipinski definition) is 2. The van der Waals surface area contributed by atoms with Gasteiger partial charge >= 0.3 is 5.97 Å². The second-order valence-corrected chi connectivity index (χ2v) is 4.94. The fourth-order valence-corrected chi connectivity index (χ4v) is 3.39. The zero-order valence-corrected chi connectivity index (χ0v) is 8.82. The number of carbonyl (C=O) groups excluding carboxylic acids is 1. The molecule has 0 aromatic heterocycles. The molecular weight excluding hydrogens is 188 g/mol. The first-order chi connectivity index (χ1) is 7.27. The van der Waals surface area contributed by atoms with Gasteiger partial charge in [-0.2, -0.15) is 0 Å². The van der Waals surface area contributed by atoms with E-state index >= 15 is 0 Å². The molecule has 2 heteroatoms. The molecule has 1 saturated heterocycles. The van der Waals surface area contributed by atoms with Gasteiger partial charge in [-0.1, -0.05) is 31.6 Å². The summed E-state index contributed by atoms with van der Waals surface area (Å²) >= 11 is 0. The van der Waals surface area contributed by atoms with E-state index < -0.39 is 0 Å². The fourth-order valence-electron chi connectivity index (χ4n) is 3.39. The van der Waals surface area contributed by atoms with Crippen LogP contribution in [0.25, 0.3) is 0 Å². The number of fused-ring (bicyclic) bond motifs is 5. The van der Waals surface area contributed by atoms with Crippen LogP contribution >= 0.6 is 0 Å². The standard InChI is InChI=1S/C13H16O2/c1-8-11-9-4-2-3-5-10(7-6-9)12(11)13(14)15-8/h6-7,9-12H,1-5H2. The van der Waals surface area contributed by atoms with Crippen LogP contribution in [-0.4, -0.2) is 5.97 Å². The van der Waals surface area contributed by atoms with Gasteiger partial charge < -0.3 is 4.74 Å². The summed E-state index contributed by atoms with van der Waals surface area (Å²) in [7, 11) is 0. The van der Waals surface area contributed by atoms with Gasteiger partial charge in [0.15, 0.2) is 0 Å². The minimum Gasteiger partial charge on any atom is -0.431 e. The van der Waals surface area contributed by atoms with E-state index in [0.717, 1.165) is 6.42 Å². The molecule has 2 aliphatic carbocycles. The third-order valence-electron chi connectivity index (χ3n) is 4.12. The molecule has 2 nitrogen and oxygen atoms in total. The lowest BCUT2D eigenvalue weighted by Crippen LogP contribution is -2.33.